The molecule has 0 aliphatic rings. The zero-order valence-corrected chi connectivity index (χ0v) is 18.0. The molecule has 3 N–H and O–H groups in total. The summed E-state index contributed by atoms with van der Waals surface area (Å²) in [6.07, 6.45) is 1.63. The largest absolute Gasteiger partial charge is 0.325 e. The molecule has 5 aromatic rings. The third-order valence-electron chi connectivity index (χ3n) is 6.06. The minimum Gasteiger partial charge on any atom is -0.325 e. The van der Waals surface area contributed by atoms with Crippen LogP contribution in [-0.2, 0) is 13.6 Å². The Hall–Kier alpha value is -4.35. The molecule has 0 saturated heterocycles. The third-order valence-corrected chi connectivity index (χ3v) is 6.06. The fourth-order valence-corrected chi connectivity index (χ4v) is 4.40. The molecule has 7 nitrogen and oxygen atoms in total. The molecule has 0 aliphatic heterocycles. The number of H-pyrrole nitrogens is 1. The number of hydrogen-bond donors (Lipinski definition) is 2. The molecule has 0 fully saturated rings. The lowest BCUT2D eigenvalue weighted by molar-refractivity contribution is 0.621. The summed E-state index contributed by atoms with van der Waals surface area (Å²) in [5, 5.41) is 23.3. The highest BCUT2D eigenvalue weighted by molar-refractivity contribution is 5.99. The van der Waals surface area contributed by atoms with Gasteiger partial charge in [-0.05, 0) is 35.6 Å². The zero-order valence-electron chi connectivity index (χ0n) is 18.0. The van der Waals surface area contributed by atoms with Gasteiger partial charge in [-0.15, -0.1) is 0 Å². The standard InChI is InChI=1S/C25H19FN6O/c1-13-15-5-3-4-6-16(15)19(10-27)22(23(13)26)24-20(12-29-32(24)2)14-7-8-17-18(9-14)21(11-28)30-31-25(17)33/h3-9,12H,11,28H2,1-2H3,(H,31,33). The second-order valence-electron chi connectivity index (χ2n) is 7.84. The first kappa shape index (κ1) is 20.5. The van der Waals surface area contributed by atoms with Gasteiger partial charge in [-0.3, -0.25) is 9.48 Å². The number of aryl methyl sites for hydroxylation is 2. The van der Waals surface area contributed by atoms with Gasteiger partial charge in [0.2, 0.25) is 0 Å². The number of nitrogens with one attached hydrogen (secondary N) is 1. The lowest BCUT2D eigenvalue weighted by Crippen LogP contribution is -2.13. The predicted octanol–water partition coefficient (Wildman–Crippen LogP) is 3.92. The molecule has 0 amide bonds. The monoisotopic (exact) mass is 438 g/mol. The molecule has 3 aromatic carbocycles. The number of halogens is 1. The van der Waals surface area contributed by atoms with Crippen LogP contribution < -0.4 is 11.3 Å². The fourth-order valence-electron chi connectivity index (χ4n) is 4.40. The summed E-state index contributed by atoms with van der Waals surface area (Å²) >= 11 is 0. The highest BCUT2D eigenvalue weighted by Crippen LogP contribution is 2.40. The number of rotatable bonds is 3. The van der Waals surface area contributed by atoms with Crippen LogP contribution in [0.25, 0.3) is 43.9 Å². The maximum absolute atomic E-state index is 15.8. The summed E-state index contributed by atoms with van der Waals surface area (Å²) in [6.45, 7) is 1.85. The van der Waals surface area contributed by atoms with E-state index in [0.717, 1.165) is 0 Å². The number of aromatic nitrogens is 4. The van der Waals surface area contributed by atoms with Crippen molar-refractivity contribution in [2.75, 3.05) is 0 Å². The second-order valence-corrected chi connectivity index (χ2v) is 7.84. The van der Waals surface area contributed by atoms with Crippen molar-refractivity contribution in [1.82, 2.24) is 20.0 Å². The van der Waals surface area contributed by atoms with Crippen LogP contribution in [0.3, 0.4) is 0 Å². The molecule has 0 radical (unpaired) electrons. The number of aromatic amines is 1. The van der Waals surface area contributed by atoms with Crippen LogP contribution in [0, 0.1) is 24.1 Å². The average Bonchev–Trinajstić information content (AvgIpc) is 3.22. The van der Waals surface area contributed by atoms with Crippen molar-refractivity contribution in [3.05, 3.63) is 81.7 Å². The number of benzene rings is 3. The van der Waals surface area contributed by atoms with E-state index >= 15 is 4.39 Å². The van der Waals surface area contributed by atoms with Gasteiger partial charge in [-0.1, -0.05) is 30.3 Å². The number of nitrogens with zero attached hydrogens (tertiary/aromatic N) is 4. The summed E-state index contributed by atoms with van der Waals surface area (Å²) in [7, 11) is 1.71. The molecule has 162 valence electrons. The van der Waals surface area contributed by atoms with Crippen LogP contribution in [0.4, 0.5) is 4.39 Å². The molecule has 0 atom stereocenters. The first-order valence-corrected chi connectivity index (χ1v) is 10.3. The normalized spacial score (nSPS) is 11.2. The summed E-state index contributed by atoms with van der Waals surface area (Å²) in [5.74, 6) is -0.461. The predicted molar refractivity (Wildman–Crippen MR) is 125 cm³/mol. The maximum atomic E-state index is 15.8. The van der Waals surface area contributed by atoms with Gasteiger partial charge in [-0.25, -0.2) is 9.49 Å². The number of hydrogen-bond acceptors (Lipinski definition) is 5. The Bertz CT molecular complexity index is 1680. The van der Waals surface area contributed by atoms with Gasteiger partial charge < -0.3 is 5.73 Å². The van der Waals surface area contributed by atoms with E-state index in [1.54, 1.807) is 43.0 Å². The van der Waals surface area contributed by atoms with Crippen molar-refractivity contribution in [2.45, 2.75) is 13.5 Å². The van der Waals surface area contributed by atoms with Gasteiger partial charge in [-0.2, -0.15) is 15.5 Å². The SMILES string of the molecule is Cc1c(F)c(-c2c(-c3ccc4c(=O)[nH]nc(CN)c4c3)cnn2C)c(C#N)c2ccccc12. The van der Waals surface area contributed by atoms with Gasteiger partial charge in [0.05, 0.1) is 34.1 Å². The summed E-state index contributed by atoms with van der Waals surface area (Å²) in [6, 6.07) is 14.8. The van der Waals surface area contributed by atoms with Crippen molar-refractivity contribution in [2.24, 2.45) is 12.8 Å². The Morgan fingerprint density at radius 1 is 1.15 bits per heavy atom. The molecular weight excluding hydrogens is 419 g/mol. The third kappa shape index (κ3) is 3.02. The molecule has 2 aromatic heterocycles. The summed E-state index contributed by atoms with van der Waals surface area (Å²) < 4.78 is 17.3. The van der Waals surface area contributed by atoms with Crippen molar-refractivity contribution >= 4 is 21.5 Å². The van der Waals surface area contributed by atoms with Crippen molar-refractivity contribution in [1.29, 1.82) is 5.26 Å². The molecule has 0 unspecified atom stereocenters. The van der Waals surface area contributed by atoms with Crippen LogP contribution in [0.5, 0.6) is 0 Å². The Kier molecular flexibility index (Phi) is 4.77. The number of nitrogens with two attached hydrogens (primary N) is 1. The van der Waals surface area contributed by atoms with Crippen LogP contribution in [0.15, 0.2) is 53.5 Å². The topological polar surface area (TPSA) is 113 Å². The van der Waals surface area contributed by atoms with E-state index in [2.05, 4.69) is 21.4 Å². The Morgan fingerprint density at radius 3 is 2.64 bits per heavy atom. The van der Waals surface area contributed by atoms with Gasteiger partial charge in [0, 0.05) is 29.9 Å². The molecule has 5 rings (SSSR count). The van der Waals surface area contributed by atoms with Crippen LogP contribution in [0.2, 0.25) is 0 Å². The van der Waals surface area contributed by atoms with Gasteiger partial charge in [0.25, 0.3) is 5.56 Å². The molecule has 0 saturated carbocycles. The van der Waals surface area contributed by atoms with E-state index in [0.29, 0.717) is 49.6 Å². The van der Waals surface area contributed by atoms with Crippen molar-refractivity contribution in [3.63, 3.8) is 0 Å². The Labute approximate surface area is 187 Å². The Balaban J connectivity index is 1.85. The van der Waals surface area contributed by atoms with Gasteiger partial charge in [0.15, 0.2) is 0 Å². The fraction of sp³-hybridized carbons (Fsp3) is 0.120. The zero-order chi connectivity index (χ0) is 23.3. The van der Waals surface area contributed by atoms with Gasteiger partial charge >= 0.3 is 0 Å². The highest BCUT2D eigenvalue weighted by Gasteiger charge is 2.24. The highest BCUT2D eigenvalue weighted by atomic mass is 19.1. The first-order chi connectivity index (χ1) is 16.0. The van der Waals surface area contributed by atoms with Crippen molar-refractivity contribution < 1.29 is 4.39 Å². The molecule has 8 heteroatoms. The molecule has 0 aliphatic carbocycles. The first-order valence-electron chi connectivity index (χ1n) is 10.3. The van der Waals surface area contributed by atoms with E-state index in [1.165, 1.54) is 0 Å². The van der Waals surface area contributed by atoms with Crippen molar-refractivity contribution in [3.8, 4) is 28.5 Å². The quantitative estimate of drug-likeness (QED) is 0.443. The lowest BCUT2D eigenvalue weighted by atomic mass is 9.90. The van der Waals surface area contributed by atoms with Gasteiger partial charge in [0.1, 0.15) is 11.9 Å². The molecule has 0 bridgehead atoms. The molecule has 33 heavy (non-hydrogen) atoms. The lowest BCUT2D eigenvalue weighted by Gasteiger charge is -2.15. The van der Waals surface area contributed by atoms with E-state index in [9.17, 15) is 10.1 Å². The minimum atomic E-state index is -0.461. The number of fused-ring (bicyclic) bond motifs is 2. The summed E-state index contributed by atoms with van der Waals surface area (Å²) in [5.41, 5.74) is 8.78. The minimum absolute atomic E-state index is 0.147. The van der Waals surface area contributed by atoms with E-state index in [1.807, 2.05) is 24.3 Å². The maximum Gasteiger partial charge on any atom is 0.272 e. The second kappa shape index (κ2) is 7.65. The van der Waals surface area contributed by atoms with Crippen LogP contribution >= 0.6 is 0 Å². The van der Waals surface area contributed by atoms with E-state index in [-0.39, 0.29) is 23.2 Å². The molecule has 2 heterocycles. The summed E-state index contributed by atoms with van der Waals surface area (Å²) in [4.78, 5) is 12.2. The average molecular weight is 438 g/mol. The van der Waals surface area contributed by atoms with Crippen LogP contribution in [-0.4, -0.2) is 20.0 Å². The van der Waals surface area contributed by atoms with E-state index < -0.39 is 5.82 Å². The smallest absolute Gasteiger partial charge is 0.272 e. The van der Waals surface area contributed by atoms with Crippen LogP contribution in [0.1, 0.15) is 16.8 Å². The Morgan fingerprint density at radius 2 is 1.91 bits per heavy atom. The molecule has 0 spiro atoms. The van der Waals surface area contributed by atoms with E-state index in [4.69, 9.17) is 5.73 Å². The molecular formula is C25H19FN6O. The number of nitriles is 1.